The molecule has 0 aromatic heterocycles. The Morgan fingerprint density at radius 1 is 0.783 bits per heavy atom. The topological polar surface area (TPSA) is 0 Å². The molecule has 0 aliphatic rings. The number of hydrogen-bond acceptors (Lipinski definition) is 0. The molecule has 126 valence electrons. The van der Waals surface area contributed by atoms with Gasteiger partial charge in [0.1, 0.15) is 6.54 Å². The van der Waals surface area contributed by atoms with Crippen molar-refractivity contribution in [1.82, 2.24) is 0 Å². The van der Waals surface area contributed by atoms with Crippen molar-refractivity contribution in [3.8, 4) is 0 Å². The molecule has 0 saturated carbocycles. The SMILES string of the molecule is CCC(C)c1ccccc1.CC[N+](C)(CC)Cc1ccccc1. The number of hydrogen-bond donors (Lipinski definition) is 0. The fourth-order valence-corrected chi connectivity index (χ4v) is 2.49. The Hall–Kier alpha value is -1.60. The van der Waals surface area contributed by atoms with E-state index in [1.165, 1.54) is 30.6 Å². The van der Waals surface area contributed by atoms with Crippen LogP contribution in [0.2, 0.25) is 0 Å². The van der Waals surface area contributed by atoms with Crippen LogP contribution in [0.3, 0.4) is 0 Å². The molecule has 1 heteroatoms. The van der Waals surface area contributed by atoms with Crippen molar-refractivity contribution in [3.63, 3.8) is 0 Å². The van der Waals surface area contributed by atoms with E-state index in [1.54, 1.807) is 0 Å². The minimum atomic E-state index is 0.709. The van der Waals surface area contributed by atoms with E-state index < -0.39 is 0 Å². The second-order valence-corrected chi connectivity index (χ2v) is 6.62. The molecule has 0 bridgehead atoms. The Morgan fingerprint density at radius 3 is 1.70 bits per heavy atom. The summed E-state index contributed by atoms with van der Waals surface area (Å²) in [7, 11) is 2.31. The maximum absolute atomic E-state index is 2.31. The van der Waals surface area contributed by atoms with Crippen molar-refractivity contribution in [2.75, 3.05) is 20.1 Å². The molecule has 1 nitrogen and oxygen atoms in total. The third kappa shape index (κ3) is 7.00. The van der Waals surface area contributed by atoms with Crippen LogP contribution in [0.25, 0.3) is 0 Å². The van der Waals surface area contributed by atoms with E-state index >= 15 is 0 Å². The van der Waals surface area contributed by atoms with Crippen LogP contribution in [0.5, 0.6) is 0 Å². The van der Waals surface area contributed by atoms with Crippen molar-refractivity contribution in [2.45, 2.75) is 46.6 Å². The molecule has 0 spiro atoms. The van der Waals surface area contributed by atoms with Crippen molar-refractivity contribution < 1.29 is 4.48 Å². The number of benzene rings is 2. The predicted molar refractivity (Wildman–Crippen MR) is 103 cm³/mol. The molecule has 0 aliphatic heterocycles. The highest BCUT2D eigenvalue weighted by Crippen LogP contribution is 2.16. The van der Waals surface area contributed by atoms with Crippen LogP contribution in [0, 0.1) is 0 Å². The van der Waals surface area contributed by atoms with Gasteiger partial charge in [-0.3, -0.25) is 0 Å². The van der Waals surface area contributed by atoms with Gasteiger partial charge in [0.05, 0.1) is 20.1 Å². The summed E-state index contributed by atoms with van der Waals surface area (Å²) in [5.74, 6) is 0.709. The van der Waals surface area contributed by atoms with E-state index in [9.17, 15) is 0 Å². The summed E-state index contributed by atoms with van der Waals surface area (Å²) in [6.45, 7) is 12.5. The van der Waals surface area contributed by atoms with Crippen molar-refractivity contribution >= 4 is 0 Å². The summed E-state index contributed by atoms with van der Waals surface area (Å²) in [6, 6.07) is 21.4. The highest BCUT2D eigenvalue weighted by atomic mass is 15.3. The molecule has 0 radical (unpaired) electrons. The molecule has 0 aliphatic carbocycles. The summed E-state index contributed by atoms with van der Waals surface area (Å²) in [5, 5.41) is 0. The van der Waals surface area contributed by atoms with Gasteiger partial charge >= 0.3 is 0 Å². The van der Waals surface area contributed by atoms with E-state index in [4.69, 9.17) is 0 Å². The van der Waals surface area contributed by atoms with Gasteiger partial charge in [-0.2, -0.15) is 0 Å². The maximum Gasteiger partial charge on any atom is 0.104 e. The summed E-state index contributed by atoms with van der Waals surface area (Å²) in [4.78, 5) is 0. The van der Waals surface area contributed by atoms with E-state index in [2.05, 4.69) is 95.4 Å². The fraction of sp³-hybridized carbons (Fsp3) is 0.455. The van der Waals surface area contributed by atoms with Gasteiger partial charge in [-0.1, -0.05) is 74.5 Å². The van der Waals surface area contributed by atoms with E-state index in [1.807, 2.05) is 0 Å². The van der Waals surface area contributed by atoms with Crippen LogP contribution in [0.4, 0.5) is 0 Å². The number of rotatable bonds is 6. The first-order valence-corrected chi connectivity index (χ1v) is 8.97. The van der Waals surface area contributed by atoms with Gasteiger partial charge in [0.15, 0.2) is 0 Å². The molecule has 1 unspecified atom stereocenters. The third-order valence-electron chi connectivity index (χ3n) is 4.91. The average Bonchev–Trinajstić information content (AvgIpc) is 2.63. The van der Waals surface area contributed by atoms with Crippen molar-refractivity contribution in [2.24, 2.45) is 0 Å². The Kier molecular flexibility index (Phi) is 8.65. The first-order chi connectivity index (χ1) is 11.0. The molecule has 0 fully saturated rings. The highest BCUT2D eigenvalue weighted by Gasteiger charge is 2.16. The van der Waals surface area contributed by atoms with Crippen molar-refractivity contribution in [1.29, 1.82) is 0 Å². The molecular formula is C22H34N+. The van der Waals surface area contributed by atoms with Gasteiger partial charge in [0.2, 0.25) is 0 Å². The Morgan fingerprint density at radius 2 is 1.26 bits per heavy atom. The molecule has 23 heavy (non-hydrogen) atoms. The standard InChI is InChI=1S/C12H20N.C10H14/c1-4-13(3,5-2)11-12-9-7-6-8-10-12;1-3-9(2)10-7-5-4-6-8-10/h6-10H,4-5,11H2,1-3H3;4-9H,3H2,1-2H3/q+1;. The van der Waals surface area contributed by atoms with Crippen LogP contribution >= 0.6 is 0 Å². The van der Waals surface area contributed by atoms with Crippen LogP contribution < -0.4 is 0 Å². The predicted octanol–water partition coefficient (Wildman–Crippen LogP) is 5.87. The lowest BCUT2D eigenvalue weighted by Gasteiger charge is -2.32. The zero-order chi connectivity index (χ0) is 17.1. The van der Waals surface area contributed by atoms with Crippen LogP contribution in [-0.4, -0.2) is 24.6 Å². The largest absolute Gasteiger partial charge is 0.323 e. The summed E-state index contributed by atoms with van der Waals surface area (Å²) in [5.41, 5.74) is 2.89. The van der Waals surface area contributed by atoms with Crippen molar-refractivity contribution in [3.05, 3.63) is 71.8 Å². The molecule has 1 atom stereocenters. The third-order valence-corrected chi connectivity index (χ3v) is 4.91. The quantitative estimate of drug-likeness (QED) is 0.585. The van der Waals surface area contributed by atoms with Gasteiger partial charge in [-0.05, 0) is 31.7 Å². The average molecular weight is 313 g/mol. The fourth-order valence-electron chi connectivity index (χ4n) is 2.49. The first-order valence-electron chi connectivity index (χ1n) is 8.97. The maximum atomic E-state index is 2.31. The molecular weight excluding hydrogens is 278 g/mol. The Balaban J connectivity index is 0.000000238. The molecule has 0 heterocycles. The van der Waals surface area contributed by atoms with Gasteiger partial charge in [-0.25, -0.2) is 0 Å². The summed E-state index contributed by atoms with van der Waals surface area (Å²) < 4.78 is 1.13. The monoisotopic (exact) mass is 312 g/mol. The smallest absolute Gasteiger partial charge is 0.104 e. The van der Waals surface area contributed by atoms with Gasteiger partial charge < -0.3 is 4.48 Å². The van der Waals surface area contributed by atoms with Crippen LogP contribution in [0.15, 0.2) is 60.7 Å². The Bertz CT molecular complexity index is 514. The van der Waals surface area contributed by atoms with Gasteiger partial charge in [0.25, 0.3) is 0 Å². The summed E-state index contributed by atoms with van der Waals surface area (Å²) >= 11 is 0. The van der Waals surface area contributed by atoms with Gasteiger partial charge in [0, 0.05) is 5.56 Å². The summed E-state index contributed by atoms with van der Waals surface area (Å²) in [6.07, 6.45) is 1.23. The lowest BCUT2D eigenvalue weighted by molar-refractivity contribution is -0.919. The van der Waals surface area contributed by atoms with E-state index in [0.717, 1.165) is 11.0 Å². The zero-order valence-electron chi connectivity index (χ0n) is 15.6. The number of nitrogens with zero attached hydrogens (tertiary/aromatic N) is 1. The minimum absolute atomic E-state index is 0.709. The van der Waals surface area contributed by atoms with Gasteiger partial charge in [-0.15, -0.1) is 0 Å². The molecule has 2 aromatic carbocycles. The first kappa shape index (κ1) is 19.4. The molecule has 0 N–H and O–H groups in total. The van der Waals surface area contributed by atoms with E-state index in [0.29, 0.717) is 5.92 Å². The normalized spacial score (nSPS) is 12.2. The lowest BCUT2D eigenvalue weighted by Crippen LogP contribution is -2.42. The Labute approximate surface area is 143 Å². The second-order valence-electron chi connectivity index (χ2n) is 6.62. The number of quaternary nitrogens is 1. The molecule has 0 amide bonds. The molecule has 0 saturated heterocycles. The minimum Gasteiger partial charge on any atom is -0.323 e. The molecule has 2 rings (SSSR count). The van der Waals surface area contributed by atoms with Crippen LogP contribution in [-0.2, 0) is 6.54 Å². The second kappa shape index (κ2) is 10.2. The highest BCUT2D eigenvalue weighted by molar-refractivity contribution is 5.18. The zero-order valence-corrected chi connectivity index (χ0v) is 15.6. The lowest BCUT2D eigenvalue weighted by atomic mass is 9.99. The molecule has 2 aromatic rings. The van der Waals surface area contributed by atoms with Crippen LogP contribution in [0.1, 0.15) is 51.2 Å². The van der Waals surface area contributed by atoms with E-state index in [-0.39, 0.29) is 0 Å².